The molecule has 0 heterocycles. The number of amides is 3. The molecule has 34 heavy (non-hydrogen) atoms. The summed E-state index contributed by atoms with van der Waals surface area (Å²) in [5, 5.41) is 2.04. The molecule has 0 saturated carbocycles. The van der Waals surface area contributed by atoms with Crippen LogP contribution in [0.4, 0.5) is 4.79 Å². The third kappa shape index (κ3) is 29.6. The normalized spacial score (nSPS) is 10.4. The first-order valence-electron chi connectivity index (χ1n) is 13.7. The second-order valence-corrected chi connectivity index (χ2v) is 10.7. The Morgan fingerprint density at radius 2 is 0.853 bits per heavy atom. The zero-order valence-corrected chi connectivity index (χ0v) is 29.5. The number of hydrogen-bond donors (Lipinski definition) is 2. The Morgan fingerprint density at radius 1 is 0.618 bits per heavy atom. The number of rotatable bonds is 20. The van der Waals surface area contributed by atoms with Crippen molar-refractivity contribution in [2.75, 3.05) is 0 Å². The van der Waals surface area contributed by atoms with Gasteiger partial charge in [-0.15, -0.1) is 0 Å². The zero-order valence-electron chi connectivity index (χ0n) is 25.9. The van der Waals surface area contributed by atoms with Crippen LogP contribution in [0.5, 0.6) is 0 Å². The summed E-state index contributed by atoms with van der Waals surface area (Å²) in [6, 6.07) is -0.814. The maximum Gasteiger partial charge on any atom is 1.00 e. The Balaban J connectivity index is -0.000000123. The number of carbonyl (C=O) groups excluding carboxylic acids is 2. The Hall–Kier alpha value is 1.42. The van der Waals surface area contributed by atoms with Crippen LogP contribution in [0.3, 0.4) is 0 Å². The van der Waals surface area contributed by atoms with Crippen molar-refractivity contribution in [3.8, 4) is 0 Å². The van der Waals surface area contributed by atoms with Crippen molar-refractivity contribution in [2.24, 2.45) is 5.73 Å². The number of hydrogen-bond acceptors (Lipinski definition) is 2. The van der Waals surface area contributed by atoms with Gasteiger partial charge in [0.05, 0.1) is 0 Å². The molecular formula is C27H57BrN2Na2O2. The van der Waals surface area contributed by atoms with E-state index in [0.717, 1.165) is 0 Å². The number of carbonyl (C=O) groups is 2. The SMILES string of the molecule is CCC(Br)(CC)C(=O)NC(N)=O.CCCCCCCCCCCCCCCCCCCC.[H-].[H-].[Na+].[Na+]. The van der Waals surface area contributed by atoms with E-state index in [-0.39, 0.29) is 67.9 Å². The van der Waals surface area contributed by atoms with Crippen molar-refractivity contribution in [3.63, 3.8) is 0 Å². The van der Waals surface area contributed by atoms with Crippen LogP contribution in [-0.4, -0.2) is 16.3 Å². The molecule has 0 unspecified atom stereocenters. The molecule has 196 valence electrons. The molecule has 7 heteroatoms. The summed E-state index contributed by atoms with van der Waals surface area (Å²) >= 11 is 3.26. The molecule has 0 fully saturated rings. The minimum atomic E-state index is -0.814. The summed E-state index contributed by atoms with van der Waals surface area (Å²) in [4.78, 5) is 21.6. The quantitative estimate of drug-likeness (QED) is 0.135. The fraction of sp³-hybridized carbons (Fsp3) is 0.926. The van der Waals surface area contributed by atoms with Crippen molar-refractivity contribution in [3.05, 3.63) is 0 Å². The number of unbranched alkanes of at least 4 members (excludes halogenated alkanes) is 17. The molecule has 0 spiro atoms. The fourth-order valence-corrected chi connectivity index (χ4v) is 3.87. The molecular weight excluding hydrogens is 510 g/mol. The Labute approximate surface area is 268 Å². The van der Waals surface area contributed by atoms with Crippen LogP contribution in [0, 0.1) is 0 Å². The van der Waals surface area contributed by atoms with Crippen molar-refractivity contribution >= 4 is 27.9 Å². The summed E-state index contributed by atoms with van der Waals surface area (Å²) in [6.45, 7) is 8.31. The van der Waals surface area contributed by atoms with E-state index in [9.17, 15) is 9.59 Å². The first-order chi connectivity index (χ1) is 15.4. The fourth-order valence-electron chi connectivity index (χ4n) is 3.77. The first-order valence-corrected chi connectivity index (χ1v) is 14.5. The van der Waals surface area contributed by atoms with E-state index in [1.165, 1.54) is 116 Å². The maximum absolute atomic E-state index is 11.3. The molecule has 0 atom stereocenters. The molecule has 0 aromatic carbocycles. The number of nitrogens with two attached hydrogens (primary N) is 1. The minimum Gasteiger partial charge on any atom is -1.00 e. The molecule has 3 N–H and O–H groups in total. The van der Waals surface area contributed by atoms with Crippen LogP contribution in [0.25, 0.3) is 0 Å². The van der Waals surface area contributed by atoms with Gasteiger partial charge in [-0.05, 0) is 12.8 Å². The maximum atomic E-state index is 11.3. The molecule has 0 radical (unpaired) electrons. The standard InChI is InChI=1S/C20H42.C7H13BrN2O2.2Na.2H/c1-3-5-7-9-11-13-15-17-19-20-18-16-14-12-10-8-6-4-2;1-3-7(8,4-2)5(11)10-6(9)12;;;;/h3-20H2,1-2H3;3-4H2,1-2H3,(H3,9,10,11,12);;;;/q;;2*+1;2*-1. The predicted octanol–water partition coefficient (Wildman–Crippen LogP) is 3.42. The third-order valence-electron chi connectivity index (χ3n) is 6.22. The summed E-state index contributed by atoms with van der Waals surface area (Å²) < 4.78 is -0.665. The summed E-state index contributed by atoms with van der Waals surface area (Å²) in [5.41, 5.74) is 4.81. The van der Waals surface area contributed by atoms with Crippen molar-refractivity contribution < 1.29 is 71.6 Å². The van der Waals surface area contributed by atoms with Crippen molar-refractivity contribution in [1.29, 1.82) is 0 Å². The van der Waals surface area contributed by atoms with Gasteiger partial charge in [0, 0.05) is 0 Å². The summed E-state index contributed by atoms with van der Waals surface area (Å²) in [7, 11) is 0. The Kier molecular flexibility index (Phi) is 40.6. The van der Waals surface area contributed by atoms with E-state index in [0.29, 0.717) is 12.8 Å². The van der Waals surface area contributed by atoms with E-state index in [1.54, 1.807) is 0 Å². The molecule has 0 saturated heterocycles. The van der Waals surface area contributed by atoms with Gasteiger partial charge in [0.1, 0.15) is 4.32 Å². The van der Waals surface area contributed by atoms with Crippen LogP contribution in [0.1, 0.15) is 159 Å². The van der Waals surface area contributed by atoms with E-state index < -0.39 is 10.4 Å². The largest absolute Gasteiger partial charge is 1.00 e. The van der Waals surface area contributed by atoms with Gasteiger partial charge in [-0.3, -0.25) is 10.1 Å². The third-order valence-corrected chi connectivity index (χ3v) is 7.70. The number of halogens is 1. The van der Waals surface area contributed by atoms with Gasteiger partial charge in [-0.2, -0.15) is 0 Å². The average Bonchev–Trinajstić information content (AvgIpc) is 2.78. The zero-order chi connectivity index (χ0) is 24.5. The van der Waals surface area contributed by atoms with E-state index in [2.05, 4.69) is 29.8 Å². The Bertz CT molecular complexity index is 430. The smallest absolute Gasteiger partial charge is 1.00 e. The molecule has 0 rings (SSSR count). The molecule has 0 aromatic rings. The second-order valence-electron chi connectivity index (χ2n) is 9.15. The van der Waals surface area contributed by atoms with Crippen molar-refractivity contribution in [1.82, 2.24) is 5.32 Å². The molecule has 0 aromatic heterocycles. The molecule has 4 nitrogen and oxygen atoms in total. The van der Waals surface area contributed by atoms with E-state index >= 15 is 0 Å². The van der Waals surface area contributed by atoms with Gasteiger partial charge in [0.15, 0.2) is 0 Å². The van der Waals surface area contributed by atoms with Gasteiger partial charge >= 0.3 is 65.1 Å². The van der Waals surface area contributed by atoms with E-state index in [1.807, 2.05) is 19.2 Å². The predicted molar refractivity (Wildman–Crippen MR) is 147 cm³/mol. The van der Waals surface area contributed by atoms with E-state index in [4.69, 9.17) is 5.73 Å². The van der Waals surface area contributed by atoms with Crippen LogP contribution in [0.2, 0.25) is 0 Å². The number of primary amides is 1. The molecule has 0 aliphatic heterocycles. The van der Waals surface area contributed by atoms with Crippen LogP contribution in [-0.2, 0) is 4.79 Å². The summed E-state index contributed by atoms with van der Waals surface area (Å²) in [5.74, 6) is -0.375. The number of alkyl halides is 1. The van der Waals surface area contributed by atoms with Gasteiger partial charge < -0.3 is 8.59 Å². The van der Waals surface area contributed by atoms with Crippen LogP contribution >= 0.6 is 15.9 Å². The molecule has 0 aliphatic carbocycles. The second kappa shape index (κ2) is 32.4. The molecule has 0 aliphatic rings. The van der Waals surface area contributed by atoms with Crippen LogP contribution < -0.4 is 70.2 Å². The Morgan fingerprint density at radius 3 is 1.03 bits per heavy atom. The van der Waals surface area contributed by atoms with Gasteiger partial charge in [-0.25, -0.2) is 4.79 Å². The minimum absolute atomic E-state index is 0. The molecule has 3 amide bonds. The van der Waals surface area contributed by atoms with Crippen LogP contribution in [0.15, 0.2) is 0 Å². The summed E-state index contributed by atoms with van der Waals surface area (Å²) in [6.07, 6.45) is 27.6. The average molecular weight is 568 g/mol. The van der Waals surface area contributed by atoms with Gasteiger partial charge in [-0.1, -0.05) is 159 Å². The number of imide groups is 1. The monoisotopic (exact) mass is 566 g/mol. The molecule has 0 bridgehead atoms. The van der Waals surface area contributed by atoms with Crippen molar-refractivity contribution in [2.45, 2.75) is 160 Å². The first kappa shape index (κ1) is 42.5. The topological polar surface area (TPSA) is 72.2 Å². The number of urea groups is 1. The number of nitrogens with one attached hydrogen (secondary N) is 1. The van der Waals surface area contributed by atoms with Gasteiger partial charge in [0.25, 0.3) is 0 Å². The van der Waals surface area contributed by atoms with Gasteiger partial charge in [0.2, 0.25) is 5.91 Å².